The molecule has 31 heavy (non-hydrogen) atoms. The fourth-order valence-corrected chi connectivity index (χ4v) is 4.08. The summed E-state index contributed by atoms with van der Waals surface area (Å²) in [7, 11) is 0. The zero-order chi connectivity index (χ0) is 21.4. The van der Waals surface area contributed by atoms with Crippen LogP contribution < -0.4 is 9.47 Å². The molecule has 3 aromatic rings. The van der Waals surface area contributed by atoms with Gasteiger partial charge in [-0.25, -0.2) is 0 Å². The average molecular weight is 412 g/mol. The summed E-state index contributed by atoms with van der Waals surface area (Å²) in [6, 6.07) is 22.3. The lowest BCUT2D eigenvalue weighted by Crippen LogP contribution is -2.31. The third kappa shape index (κ3) is 3.87. The van der Waals surface area contributed by atoms with Crippen molar-refractivity contribution in [1.82, 2.24) is 4.90 Å². The third-order valence-corrected chi connectivity index (χ3v) is 5.83. The van der Waals surface area contributed by atoms with Crippen molar-refractivity contribution in [1.29, 1.82) is 0 Å². The van der Waals surface area contributed by atoms with Gasteiger partial charge in [-0.15, -0.1) is 0 Å². The van der Waals surface area contributed by atoms with Gasteiger partial charge in [0.15, 0.2) is 5.76 Å². The molecule has 4 nitrogen and oxygen atoms in total. The molecule has 0 amide bonds. The maximum absolute atomic E-state index is 13.0. The molecule has 3 aromatic carbocycles. The first kappa shape index (κ1) is 19.6. The molecule has 5 rings (SSSR count). The van der Waals surface area contributed by atoms with Gasteiger partial charge in [0.05, 0.1) is 11.1 Å². The van der Waals surface area contributed by atoms with Gasteiger partial charge in [-0.2, -0.15) is 0 Å². The number of rotatable bonds is 4. The molecule has 0 fully saturated rings. The van der Waals surface area contributed by atoms with Gasteiger partial charge < -0.3 is 9.47 Å². The zero-order valence-electron chi connectivity index (χ0n) is 17.8. The smallest absolute Gasteiger partial charge is 0.231 e. The highest BCUT2D eigenvalue weighted by Gasteiger charge is 2.33. The highest BCUT2D eigenvalue weighted by molar-refractivity contribution is 6.15. The van der Waals surface area contributed by atoms with Crippen molar-refractivity contribution in [2.75, 3.05) is 6.73 Å². The van der Waals surface area contributed by atoms with E-state index in [1.165, 1.54) is 11.1 Å². The topological polar surface area (TPSA) is 38.8 Å². The van der Waals surface area contributed by atoms with Crippen LogP contribution in [0.1, 0.15) is 52.4 Å². The van der Waals surface area contributed by atoms with Gasteiger partial charge in [0.2, 0.25) is 5.78 Å². The highest BCUT2D eigenvalue weighted by atomic mass is 16.5. The van der Waals surface area contributed by atoms with Crippen LogP contribution in [-0.4, -0.2) is 17.4 Å². The summed E-state index contributed by atoms with van der Waals surface area (Å²) >= 11 is 0. The van der Waals surface area contributed by atoms with Crippen LogP contribution in [0.25, 0.3) is 6.08 Å². The Labute approximate surface area is 182 Å². The second kappa shape index (κ2) is 8.05. The average Bonchev–Trinajstić information content (AvgIpc) is 3.10. The van der Waals surface area contributed by atoms with Crippen LogP contribution in [0.5, 0.6) is 11.5 Å². The zero-order valence-corrected chi connectivity index (χ0v) is 17.8. The highest BCUT2D eigenvalue weighted by Crippen LogP contribution is 2.42. The minimum atomic E-state index is -0.0779. The second-order valence-electron chi connectivity index (χ2n) is 8.43. The van der Waals surface area contributed by atoms with E-state index in [0.29, 0.717) is 36.3 Å². The monoisotopic (exact) mass is 411 g/mol. The summed E-state index contributed by atoms with van der Waals surface area (Å²) < 4.78 is 12.1. The number of hydrogen-bond acceptors (Lipinski definition) is 4. The number of ketones is 1. The molecule has 0 saturated carbocycles. The molecule has 0 aromatic heterocycles. The second-order valence-corrected chi connectivity index (χ2v) is 8.43. The first-order chi connectivity index (χ1) is 15.1. The molecular weight excluding hydrogens is 386 g/mol. The van der Waals surface area contributed by atoms with Gasteiger partial charge >= 0.3 is 0 Å². The maximum atomic E-state index is 13.0. The van der Waals surface area contributed by atoms with Crippen molar-refractivity contribution in [3.05, 3.63) is 100 Å². The number of benzene rings is 3. The predicted molar refractivity (Wildman–Crippen MR) is 121 cm³/mol. The Morgan fingerprint density at radius 3 is 2.52 bits per heavy atom. The molecule has 0 unspecified atom stereocenters. The Morgan fingerprint density at radius 2 is 1.77 bits per heavy atom. The number of nitrogens with zero attached hydrogens (tertiary/aromatic N) is 1. The van der Waals surface area contributed by atoms with Gasteiger partial charge in [-0.05, 0) is 40.8 Å². The van der Waals surface area contributed by atoms with Crippen LogP contribution in [-0.2, 0) is 13.1 Å². The van der Waals surface area contributed by atoms with E-state index < -0.39 is 0 Å². The number of Topliss-reactive ketones (excluding diaryl/α,β-unsaturated/α-hetero) is 1. The van der Waals surface area contributed by atoms with Crippen molar-refractivity contribution in [3.8, 4) is 11.5 Å². The molecule has 0 atom stereocenters. The molecule has 0 spiro atoms. The van der Waals surface area contributed by atoms with E-state index in [9.17, 15) is 4.79 Å². The van der Waals surface area contributed by atoms with Gasteiger partial charge in [-0.3, -0.25) is 9.69 Å². The number of ether oxygens (including phenoxy) is 2. The molecule has 0 saturated heterocycles. The van der Waals surface area contributed by atoms with Crippen molar-refractivity contribution >= 4 is 11.9 Å². The van der Waals surface area contributed by atoms with Crippen LogP contribution in [0.2, 0.25) is 0 Å². The Balaban J connectivity index is 1.40. The molecular formula is C27H25NO3. The minimum Gasteiger partial charge on any atom is -0.478 e. The molecule has 156 valence electrons. The van der Waals surface area contributed by atoms with Crippen molar-refractivity contribution in [2.24, 2.45) is 0 Å². The third-order valence-electron chi connectivity index (χ3n) is 5.83. The van der Waals surface area contributed by atoms with E-state index in [2.05, 4.69) is 43.0 Å². The number of carbonyl (C=O) groups is 1. The summed E-state index contributed by atoms with van der Waals surface area (Å²) in [4.78, 5) is 15.2. The van der Waals surface area contributed by atoms with Gasteiger partial charge in [0.1, 0.15) is 18.2 Å². The Bertz CT molecular complexity index is 1150. The van der Waals surface area contributed by atoms with Gasteiger partial charge in [-0.1, -0.05) is 68.4 Å². The minimum absolute atomic E-state index is 0.0779. The van der Waals surface area contributed by atoms with Gasteiger partial charge in [0.25, 0.3) is 0 Å². The summed E-state index contributed by atoms with van der Waals surface area (Å²) in [5.74, 6) is 2.18. The van der Waals surface area contributed by atoms with Crippen molar-refractivity contribution in [3.63, 3.8) is 0 Å². The van der Waals surface area contributed by atoms with E-state index in [0.717, 1.165) is 23.4 Å². The van der Waals surface area contributed by atoms with Crippen molar-refractivity contribution in [2.45, 2.75) is 32.9 Å². The SMILES string of the molecule is CC(C)c1ccc(/C=C2\Oc3c(ccc4c3CN(Cc3ccccc3)CO4)C2=O)cc1. The predicted octanol–water partition coefficient (Wildman–Crippen LogP) is 5.78. The first-order valence-corrected chi connectivity index (χ1v) is 10.7. The molecule has 4 heteroatoms. The van der Waals surface area contributed by atoms with Crippen LogP contribution in [0.3, 0.4) is 0 Å². The summed E-state index contributed by atoms with van der Waals surface area (Å²) in [6.07, 6.45) is 1.82. The number of fused-ring (bicyclic) bond motifs is 3. The van der Waals surface area contributed by atoms with E-state index in [-0.39, 0.29) is 5.78 Å². The maximum Gasteiger partial charge on any atom is 0.231 e. The Morgan fingerprint density at radius 1 is 1.00 bits per heavy atom. The summed E-state index contributed by atoms with van der Waals surface area (Å²) in [6.45, 7) is 6.30. The molecule has 0 bridgehead atoms. The molecule has 2 aliphatic heterocycles. The summed E-state index contributed by atoms with van der Waals surface area (Å²) in [5, 5.41) is 0. The largest absolute Gasteiger partial charge is 0.478 e. The first-order valence-electron chi connectivity index (χ1n) is 10.7. The number of hydrogen-bond donors (Lipinski definition) is 0. The lowest BCUT2D eigenvalue weighted by molar-refractivity contribution is 0.0873. The summed E-state index contributed by atoms with van der Waals surface area (Å²) in [5.41, 5.74) is 5.00. The van der Waals surface area contributed by atoms with Crippen LogP contribution in [0, 0.1) is 0 Å². The van der Waals surface area contributed by atoms with Crippen LogP contribution in [0.4, 0.5) is 0 Å². The standard InChI is InChI=1S/C27H25NO3/c1-18(2)21-10-8-19(9-11-21)14-25-26(29)22-12-13-24-23(27(22)31-25)16-28(17-30-24)15-20-6-4-3-5-7-20/h3-14,18H,15-17H2,1-2H3/b25-14-. The lowest BCUT2D eigenvalue weighted by atomic mass is 10.0. The normalized spacial score (nSPS) is 16.7. The molecule has 2 aliphatic rings. The van der Waals surface area contributed by atoms with Crippen LogP contribution in [0.15, 0.2) is 72.5 Å². The van der Waals surface area contributed by atoms with E-state index in [1.54, 1.807) is 0 Å². The van der Waals surface area contributed by atoms with Gasteiger partial charge in [0, 0.05) is 13.1 Å². The molecule has 2 heterocycles. The van der Waals surface area contributed by atoms with E-state index in [4.69, 9.17) is 9.47 Å². The molecule has 0 N–H and O–H groups in total. The Kier molecular flexibility index (Phi) is 5.08. The number of allylic oxidation sites excluding steroid dienone is 1. The quantitative estimate of drug-likeness (QED) is 0.510. The number of carbonyl (C=O) groups excluding carboxylic acids is 1. The van der Waals surface area contributed by atoms with Crippen molar-refractivity contribution < 1.29 is 14.3 Å². The van der Waals surface area contributed by atoms with Crippen LogP contribution >= 0.6 is 0 Å². The fraction of sp³-hybridized carbons (Fsp3) is 0.222. The molecule has 0 aliphatic carbocycles. The Hall–Kier alpha value is -3.37. The fourth-order valence-electron chi connectivity index (χ4n) is 4.08. The van der Waals surface area contributed by atoms with E-state index >= 15 is 0 Å². The van der Waals surface area contributed by atoms with E-state index in [1.807, 2.05) is 48.5 Å². The molecule has 0 radical (unpaired) electrons. The lowest BCUT2D eigenvalue weighted by Gasteiger charge is -2.29.